The maximum Gasteiger partial charge on any atom is 0.267 e. The standard InChI is InChI=1S/C18H21N5OS/c1-2-4-14-5-3-6-15(11-14)18-22-21-17(24)12-16(20-13-25-18)23-9-7-19-8-10-23/h2-6,11-13,19H,7-10H2,1H3,(H,21,24). The van der Waals surface area contributed by atoms with E-state index in [0.29, 0.717) is 10.8 Å². The van der Waals surface area contributed by atoms with Crippen LogP contribution in [0.1, 0.15) is 12.5 Å². The number of hydrogen-bond acceptors (Lipinski definition) is 6. The number of nitrogens with zero attached hydrogens (tertiary/aromatic N) is 3. The second-order valence-corrected chi connectivity index (χ2v) is 6.44. The molecule has 0 unspecified atom stereocenters. The van der Waals surface area contributed by atoms with E-state index in [1.807, 2.05) is 43.3 Å². The maximum absolute atomic E-state index is 12.2. The number of rotatable bonds is 3. The minimum atomic E-state index is -0.268. The molecule has 1 fully saturated rings. The Morgan fingerprint density at radius 2 is 2.08 bits per heavy atom. The van der Waals surface area contributed by atoms with Crippen molar-refractivity contribution in [3.63, 3.8) is 0 Å². The lowest BCUT2D eigenvalue weighted by Gasteiger charge is -2.27. The zero-order valence-corrected chi connectivity index (χ0v) is 14.9. The largest absolute Gasteiger partial charge is 0.354 e. The summed E-state index contributed by atoms with van der Waals surface area (Å²) < 4.78 is 0. The van der Waals surface area contributed by atoms with Gasteiger partial charge < -0.3 is 10.2 Å². The van der Waals surface area contributed by atoms with Gasteiger partial charge in [0.2, 0.25) is 0 Å². The first-order valence-corrected chi connectivity index (χ1v) is 9.11. The summed E-state index contributed by atoms with van der Waals surface area (Å²) in [5.74, 6) is 0.672. The number of piperazine rings is 1. The number of anilines is 1. The highest BCUT2D eigenvalue weighted by Crippen LogP contribution is 2.21. The molecule has 25 heavy (non-hydrogen) atoms. The number of H-pyrrole nitrogens is 1. The van der Waals surface area contributed by atoms with E-state index in [0.717, 1.165) is 37.3 Å². The molecule has 3 rings (SSSR count). The van der Waals surface area contributed by atoms with Gasteiger partial charge in [0.25, 0.3) is 5.56 Å². The van der Waals surface area contributed by atoms with Crippen LogP contribution in [0, 0.1) is 0 Å². The molecule has 0 saturated carbocycles. The molecule has 0 spiro atoms. The fraction of sp³-hybridized carbons (Fsp3) is 0.278. The third-order valence-corrected chi connectivity index (χ3v) is 4.57. The van der Waals surface area contributed by atoms with Gasteiger partial charge in [-0.3, -0.25) is 4.79 Å². The molecule has 0 radical (unpaired) electrons. The highest BCUT2D eigenvalue weighted by atomic mass is 32.1. The van der Waals surface area contributed by atoms with Crippen molar-refractivity contribution in [3.05, 3.63) is 57.8 Å². The van der Waals surface area contributed by atoms with Crippen molar-refractivity contribution in [3.8, 4) is 10.6 Å². The van der Waals surface area contributed by atoms with Crippen LogP contribution in [0.3, 0.4) is 0 Å². The fourth-order valence-electron chi connectivity index (χ4n) is 2.62. The first kappa shape index (κ1) is 17.3. The van der Waals surface area contributed by atoms with Crippen LogP contribution in [-0.2, 0) is 0 Å². The van der Waals surface area contributed by atoms with Gasteiger partial charge >= 0.3 is 0 Å². The number of benzene rings is 1. The monoisotopic (exact) mass is 355 g/mol. The third-order valence-electron chi connectivity index (χ3n) is 3.81. The van der Waals surface area contributed by atoms with Gasteiger partial charge in [0.15, 0.2) is 0 Å². The second-order valence-electron chi connectivity index (χ2n) is 5.61. The molecule has 2 heterocycles. The smallest absolute Gasteiger partial charge is 0.267 e. The first-order chi connectivity index (χ1) is 12.3. The van der Waals surface area contributed by atoms with Crippen LogP contribution >= 0.6 is 11.3 Å². The number of aromatic nitrogens is 3. The minimum Gasteiger partial charge on any atom is -0.354 e. The molecule has 130 valence electrons. The van der Waals surface area contributed by atoms with Crippen LogP contribution in [-0.4, -0.2) is 41.4 Å². The van der Waals surface area contributed by atoms with Crippen LogP contribution in [0.4, 0.5) is 5.82 Å². The van der Waals surface area contributed by atoms with Crippen LogP contribution in [0.15, 0.2) is 46.7 Å². The number of allylic oxidation sites excluding steroid dienone is 1. The van der Waals surface area contributed by atoms with Crippen molar-refractivity contribution >= 4 is 23.2 Å². The van der Waals surface area contributed by atoms with Gasteiger partial charge in [-0.2, -0.15) is 5.10 Å². The third kappa shape index (κ3) is 4.74. The lowest BCUT2D eigenvalue weighted by molar-refractivity contribution is 0.585. The average Bonchev–Trinajstić information content (AvgIpc) is 2.73. The topological polar surface area (TPSA) is 73.9 Å². The summed E-state index contributed by atoms with van der Waals surface area (Å²) in [7, 11) is 0. The van der Waals surface area contributed by atoms with Gasteiger partial charge in [0, 0.05) is 37.8 Å². The van der Waals surface area contributed by atoms with E-state index in [-0.39, 0.29) is 5.56 Å². The Hall–Kier alpha value is -2.51. The van der Waals surface area contributed by atoms with E-state index in [4.69, 9.17) is 0 Å². The Morgan fingerprint density at radius 3 is 2.88 bits per heavy atom. The zero-order valence-electron chi connectivity index (χ0n) is 14.1. The molecular formula is C18H21N5OS. The molecule has 1 aliphatic heterocycles. The molecule has 1 aliphatic rings. The summed E-state index contributed by atoms with van der Waals surface area (Å²) in [5.41, 5.74) is 3.51. The molecule has 1 aromatic carbocycles. The molecule has 6 nitrogen and oxygen atoms in total. The van der Waals surface area contributed by atoms with E-state index < -0.39 is 0 Å². The zero-order chi connectivity index (χ0) is 17.5. The van der Waals surface area contributed by atoms with Crippen molar-refractivity contribution in [2.24, 2.45) is 0 Å². The van der Waals surface area contributed by atoms with Gasteiger partial charge in [-0.1, -0.05) is 30.4 Å². The minimum absolute atomic E-state index is 0.268. The molecule has 2 N–H and O–H groups in total. The van der Waals surface area contributed by atoms with E-state index in [1.165, 1.54) is 17.4 Å². The summed E-state index contributed by atoms with van der Waals surface area (Å²) >= 11 is 1.40. The highest BCUT2D eigenvalue weighted by molar-refractivity contribution is 7.12. The van der Waals surface area contributed by atoms with E-state index in [9.17, 15) is 4.79 Å². The average molecular weight is 355 g/mol. The molecule has 1 saturated heterocycles. The SMILES string of the molecule is CC=Cc1cccc(-c2n[nH]c(=O)cc(N3CCNCC3)ncs2)c1. The highest BCUT2D eigenvalue weighted by Gasteiger charge is 2.11. The Balaban J connectivity index is 2.00. The van der Waals surface area contributed by atoms with E-state index >= 15 is 0 Å². The summed E-state index contributed by atoms with van der Waals surface area (Å²) in [4.78, 5) is 18.8. The summed E-state index contributed by atoms with van der Waals surface area (Å²) in [6.07, 6.45) is 4.02. The molecule has 7 heteroatoms. The Labute approximate surface area is 150 Å². The summed E-state index contributed by atoms with van der Waals surface area (Å²) in [5, 5.41) is 10.9. The first-order valence-electron chi connectivity index (χ1n) is 8.23. The molecule has 0 amide bonds. The van der Waals surface area contributed by atoms with Crippen LogP contribution in [0.25, 0.3) is 16.6 Å². The predicted octanol–water partition coefficient (Wildman–Crippen LogP) is 2.46. The van der Waals surface area contributed by atoms with Gasteiger partial charge in [0.1, 0.15) is 10.8 Å². The van der Waals surface area contributed by atoms with Crippen molar-refractivity contribution in [1.29, 1.82) is 0 Å². The number of hydrogen-bond donors (Lipinski definition) is 2. The summed E-state index contributed by atoms with van der Waals surface area (Å²) in [6.45, 7) is 5.43. The van der Waals surface area contributed by atoms with Gasteiger partial charge in [-0.15, -0.1) is 11.3 Å². The van der Waals surface area contributed by atoms with Crippen LogP contribution < -0.4 is 15.8 Å². The van der Waals surface area contributed by atoms with Crippen molar-refractivity contribution in [2.45, 2.75) is 6.92 Å². The summed E-state index contributed by atoms with van der Waals surface area (Å²) in [6, 6.07) is 9.52. The maximum atomic E-state index is 12.2. The van der Waals surface area contributed by atoms with Crippen molar-refractivity contribution in [2.75, 3.05) is 31.1 Å². The Morgan fingerprint density at radius 1 is 1.24 bits per heavy atom. The number of aromatic amines is 1. The second kappa shape index (κ2) is 8.55. The Kier molecular flexibility index (Phi) is 5.92. The fourth-order valence-corrected chi connectivity index (χ4v) is 3.24. The normalized spacial score (nSPS) is 14.5. The van der Waals surface area contributed by atoms with E-state index in [2.05, 4.69) is 25.4 Å². The predicted molar refractivity (Wildman–Crippen MR) is 103 cm³/mol. The van der Waals surface area contributed by atoms with Crippen LogP contribution in [0.2, 0.25) is 0 Å². The van der Waals surface area contributed by atoms with E-state index in [1.54, 1.807) is 5.51 Å². The van der Waals surface area contributed by atoms with Gasteiger partial charge in [-0.25, -0.2) is 10.1 Å². The lowest BCUT2D eigenvalue weighted by atomic mass is 10.1. The lowest BCUT2D eigenvalue weighted by Crippen LogP contribution is -2.44. The molecule has 0 bridgehead atoms. The van der Waals surface area contributed by atoms with Crippen molar-refractivity contribution < 1.29 is 0 Å². The van der Waals surface area contributed by atoms with Crippen LogP contribution in [0.5, 0.6) is 0 Å². The molecular weight excluding hydrogens is 334 g/mol. The quantitative estimate of drug-likeness (QED) is 0.885. The molecule has 0 atom stereocenters. The molecule has 1 aromatic heterocycles. The molecule has 0 aliphatic carbocycles. The van der Waals surface area contributed by atoms with Gasteiger partial charge in [-0.05, 0) is 18.6 Å². The van der Waals surface area contributed by atoms with Crippen molar-refractivity contribution in [1.82, 2.24) is 20.5 Å². The van der Waals surface area contributed by atoms with Gasteiger partial charge in [0.05, 0.1) is 5.51 Å². The molecule has 2 aromatic rings. The number of nitrogens with one attached hydrogen (secondary N) is 2. The Bertz CT molecular complexity index is 850.